The van der Waals surface area contributed by atoms with Crippen molar-refractivity contribution in [2.45, 2.75) is 66.2 Å². The van der Waals surface area contributed by atoms with Gasteiger partial charge >= 0.3 is 0 Å². The second-order valence-corrected chi connectivity index (χ2v) is 13.4. The minimum absolute atomic E-state index is 0.0905. The van der Waals surface area contributed by atoms with Crippen molar-refractivity contribution < 1.29 is 28.4 Å². The quantitative estimate of drug-likeness (QED) is 0.204. The summed E-state index contributed by atoms with van der Waals surface area (Å²) in [6.07, 6.45) is 1.39. The Bertz CT molecular complexity index is 1420. The molecule has 3 amide bonds. The molecule has 0 bridgehead atoms. The summed E-state index contributed by atoms with van der Waals surface area (Å²) in [6, 6.07) is 15.5. The molecule has 0 fully saturated rings. The fourth-order valence-electron chi connectivity index (χ4n) is 4.90. The Morgan fingerprint density at radius 1 is 1.00 bits per heavy atom. The van der Waals surface area contributed by atoms with E-state index in [1.54, 1.807) is 43.9 Å². The van der Waals surface area contributed by atoms with Gasteiger partial charge < -0.3 is 24.9 Å². The van der Waals surface area contributed by atoms with Gasteiger partial charge in [-0.15, -0.1) is 0 Å². The molecule has 232 valence electrons. The highest BCUT2D eigenvalue weighted by Gasteiger charge is 2.36. The van der Waals surface area contributed by atoms with Gasteiger partial charge in [-0.05, 0) is 50.5 Å². The van der Waals surface area contributed by atoms with Crippen molar-refractivity contribution in [3.63, 3.8) is 0 Å². The Morgan fingerprint density at radius 3 is 2.26 bits per heavy atom. The normalized spacial score (nSPS) is 13.9. The van der Waals surface area contributed by atoms with E-state index >= 15 is 0 Å². The molecule has 3 rings (SSSR count). The van der Waals surface area contributed by atoms with Crippen LogP contribution >= 0.6 is 7.37 Å². The van der Waals surface area contributed by atoms with Gasteiger partial charge in [0.05, 0.1) is 5.69 Å². The molecule has 2 unspecified atom stereocenters. The van der Waals surface area contributed by atoms with Crippen molar-refractivity contribution in [3.8, 4) is 0 Å². The molecule has 43 heavy (non-hydrogen) atoms. The topological polar surface area (TPSA) is 142 Å². The smallest absolute Gasteiger partial charge is 0.253 e. The zero-order valence-electron chi connectivity index (χ0n) is 25.6. The number of carbonyl (C=O) groups excluding carboxylic acids is 3. The van der Waals surface area contributed by atoms with E-state index < -0.39 is 30.9 Å². The number of nitrogens with zero attached hydrogens (tertiary/aromatic N) is 2. The van der Waals surface area contributed by atoms with E-state index in [4.69, 9.17) is 4.52 Å². The molecule has 3 N–H and O–H groups in total. The third-order valence-corrected chi connectivity index (χ3v) is 9.66. The molecule has 3 atom stereocenters. The monoisotopic (exact) mass is 610 g/mol. The van der Waals surface area contributed by atoms with Gasteiger partial charge in [-0.25, -0.2) is 0 Å². The highest BCUT2D eigenvalue weighted by atomic mass is 31.2. The van der Waals surface area contributed by atoms with E-state index in [0.29, 0.717) is 30.1 Å². The lowest BCUT2D eigenvalue weighted by Gasteiger charge is -2.26. The van der Waals surface area contributed by atoms with Gasteiger partial charge in [0.1, 0.15) is 11.5 Å². The molecule has 0 saturated carbocycles. The number of carbonyl (C=O) groups is 3. The maximum atomic E-state index is 13.8. The number of amides is 3. The summed E-state index contributed by atoms with van der Waals surface area (Å²) in [7, 11) is -4.12. The Labute approximate surface area is 253 Å². The zero-order chi connectivity index (χ0) is 31.6. The lowest BCUT2D eigenvalue weighted by molar-refractivity contribution is -0.124. The maximum Gasteiger partial charge on any atom is 0.253 e. The second-order valence-electron chi connectivity index (χ2n) is 10.9. The number of nitrogens with one attached hydrogen (secondary N) is 2. The molecule has 2 aromatic carbocycles. The fourth-order valence-corrected chi connectivity index (χ4v) is 6.92. The number of hydrogen-bond acceptors (Lipinski definition) is 6. The summed E-state index contributed by atoms with van der Waals surface area (Å²) < 4.78 is 19.0. The Kier molecular flexibility index (Phi) is 12.3. The molecule has 1 heterocycles. The van der Waals surface area contributed by atoms with E-state index in [-0.39, 0.29) is 30.6 Å². The Hall–Kier alpha value is -3.75. The molecule has 0 aliphatic carbocycles. The Morgan fingerprint density at radius 2 is 1.65 bits per heavy atom. The summed E-state index contributed by atoms with van der Waals surface area (Å²) in [5, 5.41) is 9.43. The van der Waals surface area contributed by atoms with Crippen LogP contribution in [-0.4, -0.2) is 57.7 Å². The predicted octanol–water partition coefficient (Wildman–Crippen LogP) is 5.08. The van der Waals surface area contributed by atoms with Gasteiger partial charge in [0.2, 0.25) is 13.3 Å². The van der Waals surface area contributed by atoms with E-state index in [1.807, 2.05) is 44.2 Å². The second kappa shape index (κ2) is 15.6. The molecule has 0 spiro atoms. The maximum absolute atomic E-state index is 13.8. The molecule has 0 aliphatic rings. The minimum Gasteiger partial charge on any atom is -0.361 e. The van der Waals surface area contributed by atoms with Crippen LogP contribution in [0.5, 0.6) is 0 Å². The number of aryl methyl sites for hydroxylation is 2. The first kappa shape index (κ1) is 33.7. The average molecular weight is 611 g/mol. The van der Waals surface area contributed by atoms with Gasteiger partial charge in [-0.3, -0.25) is 18.9 Å². The van der Waals surface area contributed by atoms with Gasteiger partial charge in [0.25, 0.3) is 11.8 Å². The molecule has 11 heteroatoms. The third-order valence-electron chi connectivity index (χ3n) is 7.31. The van der Waals surface area contributed by atoms with Gasteiger partial charge in [-0.2, -0.15) is 0 Å². The van der Waals surface area contributed by atoms with Crippen molar-refractivity contribution in [2.75, 3.05) is 19.3 Å². The van der Waals surface area contributed by atoms with Crippen molar-refractivity contribution in [1.82, 2.24) is 20.7 Å². The predicted molar refractivity (Wildman–Crippen MR) is 166 cm³/mol. The molecule has 0 radical (unpaired) electrons. The minimum atomic E-state index is -4.12. The first-order chi connectivity index (χ1) is 20.5. The van der Waals surface area contributed by atoms with E-state index in [0.717, 1.165) is 24.0 Å². The number of benzene rings is 2. The van der Waals surface area contributed by atoms with Crippen LogP contribution in [0.1, 0.15) is 76.9 Å². The zero-order valence-corrected chi connectivity index (χ0v) is 26.5. The lowest BCUT2D eigenvalue weighted by Crippen LogP contribution is -2.39. The van der Waals surface area contributed by atoms with Crippen molar-refractivity contribution in [2.24, 2.45) is 5.92 Å². The van der Waals surface area contributed by atoms with Gasteiger partial charge in [0.15, 0.2) is 0 Å². The largest absolute Gasteiger partial charge is 0.361 e. The number of aromatic nitrogens is 1. The average Bonchev–Trinajstić information content (AvgIpc) is 3.31. The summed E-state index contributed by atoms with van der Waals surface area (Å²) >= 11 is 0. The highest BCUT2D eigenvalue weighted by Crippen LogP contribution is 2.48. The van der Waals surface area contributed by atoms with Crippen LogP contribution in [0.4, 0.5) is 0 Å². The fraction of sp³-hybridized carbons (Fsp3) is 0.438. The molecular weight excluding hydrogens is 567 g/mol. The van der Waals surface area contributed by atoms with Crippen LogP contribution in [0.25, 0.3) is 0 Å². The van der Waals surface area contributed by atoms with Crippen LogP contribution in [-0.2, 0) is 22.3 Å². The van der Waals surface area contributed by atoms with Crippen LogP contribution in [0.2, 0.25) is 0 Å². The first-order valence-electron chi connectivity index (χ1n) is 14.7. The van der Waals surface area contributed by atoms with E-state index in [1.165, 1.54) is 6.07 Å². The molecule has 3 aromatic rings. The molecule has 10 nitrogen and oxygen atoms in total. The molecule has 0 aliphatic heterocycles. The van der Waals surface area contributed by atoms with Crippen LogP contribution in [0.15, 0.2) is 59.1 Å². The summed E-state index contributed by atoms with van der Waals surface area (Å²) in [6.45, 7) is 10.5. The molecular formula is C32H43N4O6P. The van der Waals surface area contributed by atoms with E-state index in [2.05, 4.69) is 15.8 Å². The lowest BCUT2D eigenvalue weighted by atomic mass is 10.1. The SMILES string of the molecule is CCCN(CCC)C(=O)c1cccc(C(=O)N[C@@H](Cc2ccccc2)P(=O)(O)CC(C)C(=O)NCc2c(C)noc2C)c1. The van der Waals surface area contributed by atoms with Crippen molar-refractivity contribution in [1.29, 1.82) is 0 Å². The summed E-state index contributed by atoms with van der Waals surface area (Å²) in [5.41, 5.74) is 2.77. The number of hydrogen-bond donors (Lipinski definition) is 3. The van der Waals surface area contributed by atoms with E-state index in [9.17, 15) is 23.8 Å². The van der Waals surface area contributed by atoms with Crippen molar-refractivity contribution >= 4 is 25.1 Å². The van der Waals surface area contributed by atoms with Crippen LogP contribution in [0, 0.1) is 19.8 Å². The van der Waals surface area contributed by atoms with Crippen LogP contribution < -0.4 is 10.6 Å². The highest BCUT2D eigenvalue weighted by molar-refractivity contribution is 7.58. The first-order valence-corrected chi connectivity index (χ1v) is 16.6. The Balaban J connectivity index is 1.78. The molecule has 0 saturated heterocycles. The van der Waals surface area contributed by atoms with Gasteiger partial charge in [-0.1, -0.05) is 62.3 Å². The standard InChI is InChI=1S/C32H43N4O6P/c1-6-16-36(17-7-2)32(39)27-15-11-14-26(19-27)31(38)34-29(18-25-12-9-8-10-13-25)43(40,41)21-22(3)30(37)33-20-28-23(4)35-42-24(28)5/h8-15,19,22,29H,6-7,16-18,20-21H2,1-5H3,(H,33,37)(H,34,38)(H,40,41)/t22?,29-/m1/s1. The van der Waals surface area contributed by atoms with Crippen molar-refractivity contribution in [3.05, 3.63) is 88.3 Å². The van der Waals surface area contributed by atoms with Crippen LogP contribution in [0.3, 0.4) is 0 Å². The number of rotatable bonds is 15. The summed E-state index contributed by atoms with van der Waals surface area (Å²) in [5.74, 6) is -2.50. The third kappa shape index (κ3) is 9.37. The molecule has 1 aromatic heterocycles. The van der Waals surface area contributed by atoms with Gasteiger partial charge in [0, 0.05) is 54.8 Å². The summed E-state index contributed by atoms with van der Waals surface area (Å²) in [4.78, 5) is 52.5.